The highest BCUT2D eigenvalue weighted by molar-refractivity contribution is 6.30. The van der Waals surface area contributed by atoms with Crippen molar-refractivity contribution in [3.05, 3.63) is 93.0 Å². The van der Waals surface area contributed by atoms with E-state index >= 15 is 0 Å². The molecule has 3 aromatic carbocycles. The van der Waals surface area contributed by atoms with Gasteiger partial charge in [0.05, 0.1) is 18.2 Å². The minimum Gasteiger partial charge on any atom is -0.497 e. The molecule has 160 valence electrons. The van der Waals surface area contributed by atoms with E-state index in [1.54, 1.807) is 37.4 Å². The highest BCUT2D eigenvalue weighted by atomic mass is 35.5. The Labute approximate surface area is 184 Å². The van der Waals surface area contributed by atoms with Crippen LogP contribution in [-0.4, -0.2) is 29.3 Å². The number of hydrogen-bond donors (Lipinski definition) is 2. The van der Waals surface area contributed by atoms with Gasteiger partial charge in [-0.25, -0.2) is 9.59 Å². The number of carboxylic acid groups (broad SMARTS) is 2. The molecule has 0 fully saturated rings. The van der Waals surface area contributed by atoms with Gasteiger partial charge in [0, 0.05) is 10.6 Å². The molecule has 0 saturated heterocycles. The van der Waals surface area contributed by atoms with Crippen molar-refractivity contribution in [1.82, 2.24) is 0 Å². The zero-order valence-corrected chi connectivity index (χ0v) is 17.8. The number of ether oxygens (including phenoxy) is 2. The Bertz CT molecular complexity index is 1120. The number of halogens is 1. The third-order valence-corrected chi connectivity index (χ3v) is 5.21. The van der Waals surface area contributed by atoms with E-state index in [4.69, 9.17) is 21.1 Å². The summed E-state index contributed by atoms with van der Waals surface area (Å²) in [5, 5.41) is 20.0. The molecule has 0 unspecified atom stereocenters. The Hall–Kier alpha value is -3.51. The van der Waals surface area contributed by atoms with Gasteiger partial charge in [-0.1, -0.05) is 23.7 Å². The molecule has 0 spiro atoms. The van der Waals surface area contributed by atoms with Gasteiger partial charge in [0.2, 0.25) is 0 Å². The molecule has 0 heterocycles. The first-order chi connectivity index (χ1) is 14.8. The quantitative estimate of drug-likeness (QED) is 0.498. The van der Waals surface area contributed by atoms with Crippen molar-refractivity contribution < 1.29 is 29.3 Å². The molecule has 7 heteroatoms. The van der Waals surface area contributed by atoms with Gasteiger partial charge in [-0.15, -0.1) is 0 Å². The Balaban J connectivity index is 2.09. The summed E-state index contributed by atoms with van der Waals surface area (Å²) < 4.78 is 11.1. The van der Waals surface area contributed by atoms with Crippen molar-refractivity contribution in [3.8, 4) is 11.5 Å². The third-order valence-electron chi connectivity index (χ3n) is 4.96. The van der Waals surface area contributed by atoms with E-state index in [9.17, 15) is 19.8 Å². The van der Waals surface area contributed by atoms with Gasteiger partial charge in [0.25, 0.3) is 0 Å². The van der Waals surface area contributed by atoms with E-state index in [-0.39, 0.29) is 23.3 Å². The summed E-state index contributed by atoms with van der Waals surface area (Å²) >= 11 is 5.90. The van der Waals surface area contributed by atoms with Crippen molar-refractivity contribution in [3.63, 3.8) is 0 Å². The third kappa shape index (κ3) is 5.16. The fourth-order valence-corrected chi connectivity index (χ4v) is 3.54. The van der Waals surface area contributed by atoms with Crippen LogP contribution in [0.25, 0.3) is 0 Å². The van der Waals surface area contributed by atoms with Crippen LogP contribution in [0.3, 0.4) is 0 Å². The molecule has 0 amide bonds. The second-order valence-corrected chi connectivity index (χ2v) is 7.38. The predicted octanol–water partition coefficient (Wildman–Crippen LogP) is 5.22. The summed E-state index contributed by atoms with van der Waals surface area (Å²) in [6.07, 6.45) is 0.317. The molecular weight excluding hydrogens is 420 g/mol. The average Bonchev–Trinajstić information content (AvgIpc) is 2.74. The number of carbonyl (C=O) groups is 2. The van der Waals surface area contributed by atoms with E-state index in [0.29, 0.717) is 34.1 Å². The second-order valence-electron chi connectivity index (χ2n) is 6.94. The van der Waals surface area contributed by atoms with Crippen LogP contribution in [0.2, 0.25) is 5.02 Å². The molecule has 0 radical (unpaired) electrons. The number of aromatic carboxylic acids is 2. The molecule has 3 aromatic rings. The first-order valence-corrected chi connectivity index (χ1v) is 9.81. The smallest absolute Gasteiger partial charge is 0.336 e. The Morgan fingerprint density at radius 3 is 2.29 bits per heavy atom. The standard InChI is InChI=1S/C24H21ClO6/c1-14-20(23(26)27)12-16(10-15-4-3-5-19(11-15)30-2)21(22(14)24(28)29)13-31-18-8-6-17(25)7-9-18/h3-9,11-12H,10,13H2,1-2H3,(H,26,27)(H,28,29). The molecule has 2 N–H and O–H groups in total. The van der Waals surface area contributed by atoms with Gasteiger partial charge >= 0.3 is 11.9 Å². The van der Waals surface area contributed by atoms with Gasteiger partial charge < -0.3 is 19.7 Å². The van der Waals surface area contributed by atoms with Crippen molar-refractivity contribution in [2.45, 2.75) is 20.0 Å². The molecular formula is C24H21ClO6. The van der Waals surface area contributed by atoms with Crippen molar-refractivity contribution >= 4 is 23.5 Å². The van der Waals surface area contributed by atoms with E-state index in [1.165, 1.54) is 13.0 Å². The zero-order valence-electron chi connectivity index (χ0n) is 17.0. The molecule has 0 aromatic heterocycles. The maximum absolute atomic E-state index is 12.1. The lowest BCUT2D eigenvalue weighted by molar-refractivity contribution is 0.0693. The first-order valence-electron chi connectivity index (χ1n) is 9.43. The predicted molar refractivity (Wildman–Crippen MR) is 117 cm³/mol. The molecule has 3 rings (SSSR count). The molecule has 0 saturated carbocycles. The van der Waals surface area contributed by atoms with Crippen LogP contribution in [0.4, 0.5) is 0 Å². The number of hydrogen-bond acceptors (Lipinski definition) is 4. The maximum Gasteiger partial charge on any atom is 0.336 e. The second kappa shape index (κ2) is 9.53. The van der Waals surface area contributed by atoms with Crippen LogP contribution >= 0.6 is 11.6 Å². The monoisotopic (exact) mass is 440 g/mol. The average molecular weight is 441 g/mol. The zero-order chi connectivity index (χ0) is 22.5. The fourth-order valence-electron chi connectivity index (χ4n) is 3.41. The van der Waals surface area contributed by atoms with Crippen LogP contribution < -0.4 is 9.47 Å². The van der Waals surface area contributed by atoms with Gasteiger partial charge in [0.15, 0.2) is 0 Å². The van der Waals surface area contributed by atoms with Gasteiger partial charge in [-0.3, -0.25) is 0 Å². The summed E-state index contributed by atoms with van der Waals surface area (Å²) in [6.45, 7) is 1.46. The largest absolute Gasteiger partial charge is 0.497 e. The Morgan fingerprint density at radius 1 is 0.968 bits per heavy atom. The Morgan fingerprint density at radius 2 is 1.68 bits per heavy atom. The molecule has 0 bridgehead atoms. The number of carboxylic acids is 2. The first kappa shape index (κ1) is 22.2. The number of rotatable bonds is 8. The van der Waals surface area contributed by atoms with Crippen LogP contribution in [0.15, 0.2) is 54.6 Å². The molecule has 0 aliphatic heterocycles. The molecule has 0 aliphatic rings. The topological polar surface area (TPSA) is 93.1 Å². The normalized spacial score (nSPS) is 10.5. The SMILES string of the molecule is COc1cccc(Cc2cc(C(=O)O)c(C)c(C(=O)O)c2COc2ccc(Cl)cc2)c1. The van der Waals surface area contributed by atoms with Crippen LogP contribution in [-0.2, 0) is 13.0 Å². The minimum absolute atomic E-state index is 0.0384. The molecule has 6 nitrogen and oxygen atoms in total. The van der Waals surface area contributed by atoms with Crippen molar-refractivity contribution in [1.29, 1.82) is 0 Å². The summed E-state index contributed by atoms with van der Waals surface area (Å²) in [6, 6.07) is 15.5. The number of benzene rings is 3. The summed E-state index contributed by atoms with van der Waals surface area (Å²) in [5.74, 6) is -1.22. The van der Waals surface area contributed by atoms with Gasteiger partial charge in [-0.2, -0.15) is 0 Å². The van der Waals surface area contributed by atoms with Crippen molar-refractivity contribution in [2.75, 3.05) is 7.11 Å². The molecule has 0 atom stereocenters. The summed E-state index contributed by atoms with van der Waals surface area (Å²) in [7, 11) is 1.56. The maximum atomic E-state index is 12.1. The van der Waals surface area contributed by atoms with E-state index in [0.717, 1.165) is 5.56 Å². The van der Waals surface area contributed by atoms with E-state index in [2.05, 4.69) is 0 Å². The molecule has 31 heavy (non-hydrogen) atoms. The summed E-state index contributed by atoms with van der Waals surface area (Å²) in [4.78, 5) is 23.9. The van der Waals surface area contributed by atoms with Crippen molar-refractivity contribution in [2.24, 2.45) is 0 Å². The lowest BCUT2D eigenvalue weighted by atomic mass is 9.89. The number of methoxy groups -OCH3 is 1. The van der Waals surface area contributed by atoms with Gasteiger partial charge in [0.1, 0.15) is 18.1 Å². The van der Waals surface area contributed by atoms with Crippen LogP contribution in [0.5, 0.6) is 11.5 Å². The van der Waals surface area contributed by atoms with Crippen LogP contribution in [0.1, 0.15) is 43.0 Å². The fraction of sp³-hybridized carbons (Fsp3) is 0.167. The Kier molecular flexibility index (Phi) is 6.82. The lowest BCUT2D eigenvalue weighted by Crippen LogP contribution is -2.15. The minimum atomic E-state index is -1.21. The highest BCUT2D eigenvalue weighted by Crippen LogP contribution is 2.28. The van der Waals surface area contributed by atoms with E-state index in [1.807, 2.05) is 18.2 Å². The highest BCUT2D eigenvalue weighted by Gasteiger charge is 2.24. The summed E-state index contributed by atoms with van der Waals surface area (Å²) in [5.41, 5.74) is 1.90. The lowest BCUT2D eigenvalue weighted by Gasteiger charge is -2.18. The molecule has 0 aliphatic carbocycles. The van der Waals surface area contributed by atoms with Crippen LogP contribution in [0, 0.1) is 6.92 Å². The van der Waals surface area contributed by atoms with Gasteiger partial charge in [-0.05, 0) is 72.5 Å². The van der Waals surface area contributed by atoms with E-state index < -0.39 is 11.9 Å².